The molecule has 3 N–H and O–H groups in total. The molecule has 0 saturated heterocycles. The average Bonchev–Trinajstić information content (AvgIpc) is 2.61. The summed E-state index contributed by atoms with van der Waals surface area (Å²) >= 11 is 0. The van der Waals surface area contributed by atoms with Gasteiger partial charge in [0.25, 0.3) is 0 Å². The van der Waals surface area contributed by atoms with Crippen molar-refractivity contribution in [3.05, 3.63) is 65.7 Å². The fourth-order valence-corrected chi connectivity index (χ4v) is 2.29. The molecule has 0 spiro atoms. The molecule has 24 heavy (non-hydrogen) atoms. The number of aryl methyl sites for hydroxylation is 1. The van der Waals surface area contributed by atoms with Gasteiger partial charge >= 0.3 is 11.8 Å². The monoisotopic (exact) mass is 326 g/mol. The predicted molar refractivity (Wildman–Crippen MR) is 93.6 cm³/mol. The third-order valence-electron chi connectivity index (χ3n) is 3.59. The predicted octanol–water partition coefficient (Wildman–Crippen LogP) is 1.91. The maximum absolute atomic E-state index is 11.8. The first-order valence-electron chi connectivity index (χ1n) is 8.02. The van der Waals surface area contributed by atoms with Crippen molar-refractivity contribution in [3.8, 4) is 0 Å². The Hall–Kier alpha value is -2.66. The van der Waals surface area contributed by atoms with Crippen LogP contribution in [0.25, 0.3) is 0 Å². The molecule has 0 aromatic heterocycles. The van der Waals surface area contributed by atoms with Crippen LogP contribution in [-0.4, -0.2) is 30.1 Å². The molecule has 0 fully saturated rings. The van der Waals surface area contributed by atoms with Gasteiger partial charge in [-0.1, -0.05) is 42.5 Å². The Morgan fingerprint density at radius 3 is 2.17 bits per heavy atom. The van der Waals surface area contributed by atoms with Gasteiger partial charge in [-0.3, -0.25) is 9.59 Å². The number of anilines is 1. The Balaban J connectivity index is 1.70. The Kier molecular flexibility index (Phi) is 6.98. The van der Waals surface area contributed by atoms with Gasteiger partial charge in [0.1, 0.15) is 0 Å². The Morgan fingerprint density at radius 2 is 1.50 bits per heavy atom. The van der Waals surface area contributed by atoms with Gasteiger partial charge in [-0.2, -0.15) is 0 Å². The number of hydrogen-bond acceptors (Lipinski definition) is 3. The van der Waals surface area contributed by atoms with Crippen molar-refractivity contribution in [2.75, 3.05) is 18.5 Å². The van der Waals surface area contributed by atoms with Gasteiger partial charge in [0.05, 0.1) is 0 Å². The van der Waals surface area contributed by atoms with E-state index in [1.807, 2.05) is 42.5 Å². The van der Waals surface area contributed by atoms with E-state index in [2.05, 4.69) is 10.6 Å². The van der Waals surface area contributed by atoms with Crippen molar-refractivity contribution in [3.63, 3.8) is 0 Å². The lowest BCUT2D eigenvalue weighted by molar-refractivity contribution is -0.136. The van der Waals surface area contributed by atoms with Crippen LogP contribution in [0.4, 0.5) is 5.69 Å². The molecule has 5 nitrogen and oxygen atoms in total. The van der Waals surface area contributed by atoms with Gasteiger partial charge in [-0.25, -0.2) is 0 Å². The molecule has 2 aromatic carbocycles. The molecule has 126 valence electrons. The van der Waals surface area contributed by atoms with Crippen molar-refractivity contribution >= 4 is 17.5 Å². The zero-order chi connectivity index (χ0) is 17.2. The summed E-state index contributed by atoms with van der Waals surface area (Å²) in [6, 6.07) is 17.0. The molecule has 0 aliphatic carbocycles. The molecule has 0 aliphatic heterocycles. The Bertz CT molecular complexity index is 654. The van der Waals surface area contributed by atoms with E-state index in [0.717, 1.165) is 18.4 Å². The standard InChI is InChI=1S/C19H22N2O3/c22-14-12-16-8-10-17(11-9-16)21-19(24)18(23)20-13-4-7-15-5-2-1-3-6-15/h1-3,5-6,8-11,22H,4,7,12-14H2,(H,20,23)(H,21,24). The number of amides is 2. The number of carbonyl (C=O) groups is 2. The largest absolute Gasteiger partial charge is 0.396 e. The van der Waals surface area contributed by atoms with E-state index in [0.29, 0.717) is 18.7 Å². The van der Waals surface area contributed by atoms with Crippen molar-refractivity contribution in [1.82, 2.24) is 5.32 Å². The van der Waals surface area contributed by atoms with Crippen LogP contribution < -0.4 is 10.6 Å². The lowest BCUT2D eigenvalue weighted by atomic mass is 10.1. The molecule has 0 aliphatic rings. The van der Waals surface area contributed by atoms with Crippen LogP contribution >= 0.6 is 0 Å². The molecular weight excluding hydrogens is 304 g/mol. The molecule has 5 heteroatoms. The third kappa shape index (κ3) is 5.85. The SMILES string of the molecule is O=C(NCCCc1ccccc1)C(=O)Nc1ccc(CCO)cc1. The summed E-state index contributed by atoms with van der Waals surface area (Å²) in [5.74, 6) is -1.31. The summed E-state index contributed by atoms with van der Waals surface area (Å²) < 4.78 is 0. The highest BCUT2D eigenvalue weighted by Crippen LogP contribution is 2.09. The number of benzene rings is 2. The summed E-state index contributed by atoms with van der Waals surface area (Å²) in [5, 5.41) is 14.0. The van der Waals surface area contributed by atoms with Crippen LogP contribution in [0.5, 0.6) is 0 Å². The first-order valence-corrected chi connectivity index (χ1v) is 8.02. The Morgan fingerprint density at radius 1 is 0.833 bits per heavy atom. The zero-order valence-corrected chi connectivity index (χ0v) is 13.5. The second-order valence-corrected chi connectivity index (χ2v) is 5.47. The van der Waals surface area contributed by atoms with Gasteiger partial charge in [-0.05, 0) is 42.5 Å². The quantitative estimate of drug-likeness (QED) is 0.537. The molecular formula is C19H22N2O3. The van der Waals surface area contributed by atoms with E-state index < -0.39 is 11.8 Å². The lowest BCUT2D eigenvalue weighted by Gasteiger charge is -2.07. The second-order valence-electron chi connectivity index (χ2n) is 5.47. The lowest BCUT2D eigenvalue weighted by Crippen LogP contribution is -2.36. The number of hydrogen-bond donors (Lipinski definition) is 3. The van der Waals surface area contributed by atoms with Crippen LogP contribution in [-0.2, 0) is 22.4 Å². The number of carbonyl (C=O) groups excluding carboxylic acids is 2. The summed E-state index contributed by atoms with van der Waals surface area (Å²) in [6.07, 6.45) is 2.20. The highest BCUT2D eigenvalue weighted by Gasteiger charge is 2.12. The minimum absolute atomic E-state index is 0.0804. The van der Waals surface area contributed by atoms with Crippen molar-refractivity contribution in [2.45, 2.75) is 19.3 Å². The van der Waals surface area contributed by atoms with Crippen LogP contribution in [0.1, 0.15) is 17.5 Å². The van der Waals surface area contributed by atoms with E-state index in [1.54, 1.807) is 12.1 Å². The van der Waals surface area contributed by atoms with E-state index in [4.69, 9.17) is 5.11 Å². The molecule has 2 rings (SSSR count). The minimum Gasteiger partial charge on any atom is -0.396 e. The van der Waals surface area contributed by atoms with Crippen LogP contribution in [0.15, 0.2) is 54.6 Å². The van der Waals surface area contributed by atoms with Gasteiger partial charge in [0.2, 0.25) is 0 Å². The summed E-state index contributed by atoms with van der Waals surface area (Å²) in [7, 11) is 0. The normalized spacial score (nSPS) is 10.2. The smallest absolute Gasteiger partial charge is 0.313 e. The van der Waals surface area contributed by atoms with Gasteiger partial charge < -0.3 is 15.7 Å². The van der Waals surface area contributed by atoms with Gasteiger partial charge in [-0.15, -0.1) is 0 Å². The molecule has 2 amide bonds. The molecule has 0 heterocycles. The zero-order valence-electron chi connectivity index (χ0n) is 13.5. The van der Waals surface area contributed by atoms with Crippen molar-refractivity contribution in [1.29, 1.82) is 0 Å². The highest BCUT2D eigenvalue weighted by molar-refractivity contribution is 6.39. The van der Waals surface area contributed by atoms with Crippen LogP contribution in [0.3, 0.4) is 0 Å². The molecule has 0 saturated carbocycles. The number of aliphatic hydroxyl groups excluding tert-OH is 1. The number of aliphatic hydroxyl groups is 1. The van der Waals surface area contributed by atoms with Crippen molar-refractivity contribution < 1.29 is 14.7 Å². The van der Waals surface area contributed by atoms with E-state index in [9.17, 15) is 9.59 Å². The average molecular weight is 326 g/mol. The summed E-state index contributed by atoms with van der Waals surface area (Å²) in [4.78, 5) is 23.6. The van der Waals surface area contributed by atoms with Gasteiger partial charge in [0.15, 0.2) is 0 Å². The second kappa shape index (κ2) is 9.47. The molecule has 0 unspecified atom stereocenters. The third-order valence-corrected chi connectivity index (χ3v) is 3.59. The Labute approximate surface area is 141 Å². The van der Waals surface area contributed by atoms with E-state index >= 15 is 0 Å². The summed E-state index contributed by atoms with van der Waals surface area (Å²) in [6.45, 7) is 0.535. The molecule has 0 atom stereocenters. The maximum atomic E-state index is 11.8. The van der Waals surface area contributed by atoms with E-state index in [-0.39, 0.29) is 6.61 Å². The topological polar surface area (TPSA) is 78.4 Å². The van der Waals surface area contributed by atoms with Crippen LogP contribution in [0.2, 0.25) is 0 Å². The van der Waals surface area contributed by atoms with Gasteiger partial charge in [0, 0.05) is 18.8 Å². The number of rotatable bonds is 7. The molecule has 2 aromatic rings. The first kappa shape index (κ1) is 17.7. The first-order chi connectivity index (χ1) is 11.7. The highest BCUT2D eigenvalue weighted by atomic mass is 16.3. The molecule has 0 bridgehead atoms. The minimum atomic E-state index is -0.676. The van der Waals surface area contributed by atoms with Crippen molar-refractivity contribution in [2.24, 2.45) is 0 Å². The fourth-order valence-electron chi connectivity index (χ4n) is 2.29. The maximum Gasteiger partial charge on any atom is 0.313 e. The van der Waals surface area contributed by atoms with Crippen LogP contribution in [0, 0.1) is 0 Å². The number of nitrogens with one attached hydrogen (secondary N) is 2. The van der Waals surface area contributed by atoms with E-state index in [1.165, 1.54) is 5.56 Å². The molecule has 0 radical (unpaired) electrons. The fraction of sp³-hybridized carbons (Fsp3) is 0.263. The summed E-state index contributed by atoms with van der Waals surface area (Å²) in [5.41, 5.74) is 2.74.